The van der Waals surface area contributed by atoms with Crippen LogP contribution in [0.5, 0.6) is 0 Å². The molecule has 0 bridgehead atoms. The van der Waals surface area contributed by atoms with Crippen molar-refractivity contribution >= 4 is 38.9 Å². The molecule has 0 aromatic carbocycles. The number of aromatic nitrogens is 3. The molecule has 0 aliphatic carbocycles. The lowest BCUT2D eigenvalue weighted by atomic mass is 10.2. The second kappa shape index (κ2) is 6.25. The number of nitro groups is 1. The number of rotatable bonds is 3. The van der Waals surface area contributed by atoms with Gasteiger partial charge in [0.05, 0.1) is 10.3 Å². The number of thiophene rings is 1. The molecular weight excluding hydrogens is 340 g/mol. The SMILES string of the molecule is Cc1cc2c(N3CCN(c4ncccc4[N+](=O)[O-])CC3)ncnc2s1. The molecule has 4 rings (SSSR count). The van der Waals surface area contributed by atoms with Crippen molar-refractivity contribution in [3.8, 4) is 0 Å². The summed E-state index contributed by atoms with van der Waals surface area (Å²) in [6.07, 6.45) is 3.19. The smallest absolute Gasteiger partial charge is 0.311 e. The molecule has 0 spiro atoms. The highest BCUT2D eigenvalue weighted by Crippen LogP contribution is 2.31. The molecule has 0 atom stereocenters. The Balaban J connectivity index is 1.57. The van der Waals surface area contributed by atoms with Crippen molar-refractivity contribution in [1.82, 2.24) is 15.0 Å². The molecule has 25 heavy (non-hydrogen) atoms. The number of fused-ring (bicyclic) bond motifs is 1. The third-order valence-electron chi connectivity index (χ3n) is 4.27. The van der Waals surface area contributed by atoms with Gasteiger partial charge >= 0.3 is 5.69 Å². The van der Waals surface area contributed by atoms with Crippen LogP contribution in [0.1, 0.15) is 4.88 Å². The van der Waals surface area contributed by atoms with Crippen LogP contribution in [-0.4, -0.2) is 46.1 Å². The summed E-state index contributed by atoms with van der Waals surface area (Å²) in [6, 6.07) is 5.20. The van der Waals surface area contributed by atoms with Crippen molar-refractivity contribution in [2.45, 2.75) is 6.92 Å². The average Bonchev–Trinajstić information content (AvgIpc) is 3.02. The average molecular weight is 356 g/mol. The minimum atomic E-state index is -0.378. The third kappa shape index (κ3) is 2.86. The Kier molecular flexibility index (Phi) is 3.92. The van der Waals surface area contributed by atoms with E-state index in [1.807, 2.05) is 4.90 Å². The van der Waals surface area contributed by atoms with Crippen LogP contribution in [0.25, 0.3) is 10.2 Å². The lowest BCUT2D eigenvalue weighted by molar-refractivity contribution is -0.384. The summed E-state index contributed by atoms with van der Waals surface area (Å²) in [6.45, 7) is 4.84. The van der Waals surface area contributed by atoms with Crippen LogP contribution in [0.15, 0.2) is 30.7 Å². The Bertz CT molecular complexity index is 935. The van der Waals surface area contributed by atoms with E-state index in [4.69, 9.17) is 0 Å². The molecule has 0 radical (unpaired) electrons. The van der Waals surface area contributed by atoms with E-state index in [1.54, 1.807) is 29.9 Å². The standard InChI is InChI=1S/C16H16N6O2S/c1-11-9-12-14(18-10-19-16(12)25-11)20-5-7-21(8-6-20)15-13(22(23)24)3-2-4-17-15/h2-4,9-10H,5-8H2,1H3. The summed E-state index contributed by atoms with van der Waals surface area (Å²) in [5, 5.41) is 12.3. The molecule has 0 N–H and O–H groups in total. The predicted molar refractivity (Wildman–Crippen MR) is 97.5 cm³/mol. The fourth-order valence-electron chi connectivity index (χ4n) is 3.12. The van der Waals surface area contributed by atoms with Crippen molar-refractivity contribution in [3.05, 3.63) is 45.7 Å². The van der Waals surface area contributed by atoms with Gasteiger partial charge in [-0.3, -0.25) is 10.1 Å². The molecule has 1 saturated heterocycles. The number of piperazine rings is 1. The number of anilines is 2. The van der Waals surface area contributed by atoms with Crippen LogP contribution in [0.4, 0.5) is 17.3 Å². The maximum atomic E-state index is 11.2. The van der Waals surface area contributed by atoms with Crippen molar-refractivity contribution in [1.29, 1.82) is 0 Å². The van der Waals surface area contributed by atoms with Crippen LogP contribution in [-0.2, 0) is 0 Å². The highest BCUT2D eigenvalue weighted by molar-refractivity contribution is 7.18. The Labute approximate surface area is 147 Å². The first-order valence-corrected chi connectivity index (χ1v) is 8.75. The van der Waals surface area contributed by atoms with Gasteiger partial charge in [-0.2, -0.15) is 0 Å². The fraction of sp³-hybridized carbons (Fsp3) is 0.312. The second-order valence-corrected chi connectivity index (χ2v) is 7.09. The lowest BCUT2D eigenvalue weighted by Gasteiger charge is -2.35. The first-order valence-electron chi connectivity index (χ1n) is 7.94. The summed E-state index contributed by atoms with van der Waals surface area (Å²) >= 11 is 1.66. The second-order valence-electron chi connectivity index (χ2n) is 5.85. The molecule has 3 aromatic rings. The van der Waals surface area contributed by atoms with E-state index in [-0.39, 0.29) is 10.6 Å². The maximum Gasteiger partial charge on any atom is 0.311 e. The van der Waals surface area contributed by atoms with Gasteiger partial charge in [-0.05, 0) is 19.1 Å². The molecule has 8 nitrogen and oxygen atoms in total. The molecule has 0 amide bonds. The van der Waals surface area contributed by atoms with E-state index >= 15 is 0 Å². The fourth-order valence-corrected chi connectivity index (χ4v) is 3.96. The summed E-state index contributed by atoms with van der Waals surface area (Å²) in [5.41, 5.74) is 0.0498. The number of aryl methyl sites for hydroxylation is 1. The highest BCUT2D eigenvalue weighted by atomic mass is 32.1. The molecule has 1 aliphatic rings. The van der Waals surface area contributed by atoms with Crippen molar-refractivity contribution in [3.63, 3.8) is 0 Å². The third-order valence-corrected chi connectivity index (χ3v) is 5.23. The first kappa shape index (κ1) is 15.7. The maximum absolute atomic E-state index is 11.2. The van der Waals surface area contributed by atoms with Gasteiger partial charge < -0.3 is 9.80 Å². The van der Waals surface area contributed by atoms with Gasteiger partial charge in [0.15, 0.2) is 0 Å². The van der Waals surface area contributed by atoms with Gasteiger partial charge in [0, 0.05) is 43.3 Å². The Morgan fingerprint density at radius 1 is 1.12 bits per heavy atom. The van der Waals surface area contributed by atoms with Gasteiger partial charge in [0.25, 0.3) is 0 Å². The molecule has 128 valence electrons. The van der Waals surface area contributed by atoms with Crippen LogP contribution < -0.4 is 9.80 Å². The normalized spacial score (nSPS) is 14.9. The number of hydrogen-bond acceptors (Lipinski definition) is 8. The van der Waals surface area contributed by atoms with Crippen molar-refractivity contribution in [2.75, 3.05) is 36.0 Å². The van der Waals surface area contributed by atoms with E-state index in [0.717, 1.165) is 29.1 Å². The summed E-state index contributed by atoms with van der Waals surface area (Å²) < 4.78 is 0. The molecular formula is C16H16N6O2S. The van der Waals surface area contributed by atoms with Gasteiger partial charge in [-0.1, -0.05) is 0 Å². The largest absolute Gasteiger partial charge is 0.352 e. The van der Waals surface area contributed by atoms with Gasteiger partial charge in [0.1, 0.15) is 17.0 Å². The van der Waals surface area contributed by atoms with Crippen molar-refractivity contribution < 1.29 is 4.92 Å². The van der Waals surface area contributed by atoms with Crippen molar-refractivity contribution in [2.24, 2.45) is 0 Å². The monoisotopic (exact) mass is 356 g/mol. The zero-order valence-electron chi connectivity index (χ0n) is 13.6. The number of nitrogens with zero attached hydrogens (tertiary/aromatic N) is 6. The van der Waals surface area contributed by atoms with E-state index in [9.17, 15) is 10.1 Å². The van der Waals surface area contributed by atoms with E-state index < -0.39 is 0 Å². The van der Waals surface area contributed by atoms with E-state index in [2.05, 4.69) is 32.8 Å². The number of pyridine rings is 1. The minimum Gasteiger partial charge on any atom is -0.352 e. The van der Waals surface area contributed by atoms with Gasteiger partial charge in [-0.25, -0.2) is 15.0 Å². The summed E-state index contributed by atoms with van der Waals surface area (Å²) in [7, 11) is 0. The Morgan fingerprint density at radius 3 is 2.56 bits per heavy atom. The zero-order chi connectivity index (χ0) is 17.4. The van der Waals surface area contributed by atoms with Gasteiger partial charge in [0.2, 0.25) is 5.82 Å². The van der Waals surface area contributed by atoms with Crippen LogP contribution >= 0.6 is 11.3 Å². The van der Waals surface area contributed by atoms with Crippen LogP contribution in [0, 0.1) is 17.0 Å². The molecule has 0 saturated carbocycles. The van der Waals surface area contributed by atoms with Crippen LogP contribution in [0.2, 0.25) is 0 Å². The highest BCUT2D eigenvalue weighted by Gasteiger charge is 2.26. The van der Waals surface area contributed by atoms with Gasteiger partial charge in [-0.15, -0.1) is 11.3 Å². The molecule has 1 fully saturated rings. The van der Waals surface area contributed by atoms with E-state index in [1.165, 1.54) is 10.9 Å². The first-order chi connectivity index (χ1) is 12.1. The molecule has 3 aromatic heterocycles. The molecule has 1 aliphatic heterocycles. The quantitative estimate of drug-likeness (QED) is 0.526. The topological polar surface area (TPSA) is 88.3 Å². The summed E-state index contributed by atoms with van der Waals surface area (Å²) in [5.74, 6) is 1.37. The number of hydrogen-bond donors (Lipinski definition) is 0. The lowest BCUT2D eigenvalue weighted by Crippen LogP contribution is -2.47. The molecule has 4 heterocycles. The minimum absolute atomic E-state index is 0.0498. The Hall–Kier alpha value is -2.81. The van der Waals surface area contributed by atoms with Crippen LogP contribution in [0.3, 0.4) is 0 Å². The molecule has 0 unspecified atom stereocenters. The van der Waals surface area contributed by atoms with E-state index in [0.29, 0.717) is 18.9 Å². The summed E-state index contributed by atoms with van der Waals surface area (Å²) in [4.78, 5) is 30.2. The predicted octanol–water partition coefficient (Wildman–Crippen LogP) is 2.63. The zero-order valence-corrected chi connectivity index (χ0v) is 14.4. The molecule has 9 heteroatoms. The Morgan fingerprint density at radius 2 is 1.84 bits per heavy atom.